The number of hydrogen-bond donors (Lipinski definition) is 1. The first-order chi connectivity index (χ1) is 7.90. The van der Waals surface area contributed by atoms with Gasteiger partial charge in [0.15, 0.2) is 5.01 Å². The maximum Gasteiger partial charge on any atom is 0.319 e. The Morgan fingerprint density at radius 3 is 2.75 bits per heavy atom. The van der Waals surface area contributed by atoms with Crippen LogP contribution < -0.4 is 0 Å². The topological polar surface area (TPSA) is 80.0 Å². The zero-order valence-electron chi connectivity index (χ0n) is 7.85. The highest BCUT2D eigenvalue weighted by atomic mass is 32.1. The summed E-state index contributed by atoms with van der Waals surface area (Å²) in [4.78, 5) is 12.8. The molecule has 82 valence electrons. The predicted molar refractivity (Wildman–Crippen MR) is 61.2 cm³/mol. The molecule has 0 aliphatic heterocycles. The second-order valence-electron chi connectivity index (χ2n) is 2.44. The molecule has 0 radical (unpaired) electrons. The number of rotatable bonds is 3. The SMILES string of the molecule is ON=C(ON=Cc1nccs1)c1nccs1. The van der Waals surface area contributed by atoms with Gasteiger partial charge in [-0.25, -0.2) is 9.97 Å². The largest absolute Gasteiger partial charge is 0.408 e. The van der Waals surface area contributed by atoms with Crippen LogP contribution in [0.2, 0.25) is 0 Å². The van der Waals surface area contributed by atoms with E-state index in [1.54, 1.807) is 17.8 Å². The summed E-state index contributed by atoms with van der Waals surface area (Å²) < 4.78 is 0. The lowest BCUT2D eigenvalue weighted by Gasteiger charge is -1.95. The van der Waals surface area contributed by atoms with Gasteiger partial charge in [-0.15, -0.1) is 22.7 Å². The Morgan fingerprint density at radius 1 is 1.31 bits per heavy atom. The van der Waals surface area contributed by atoms with Gasteiger partial charge in [0.25, 0.3) is 0 Å². The summed E-state index contributed by atoms with van der Waals surface area (Å²) in [5.74, 6) is -0.0391. The first-order valence-electron chi connectivity index (χ1n) is 4.12. The number of thiazole rings is 2. The fourth-order valence-electron chi connectivity index (χ4n) is 0.849. The Morgan fingerprint density at radius 2 is 2.12 bits per heavy atom. The van der Waals surface area contributed by atoms with Crippen molar-refractivity contribution in [2.75, 3.05) is 0 Å². The molecule has 0 bridgehead atoms. The molecule has 0 amide bonds. The standard InChI is InChI=1S/C8H6N4O2S2/c13-12-7(8-10-2-4-16-8)14-11-5-6-9-1-3-15-6/h1-5,13H. The Hall–Kier alpha value is -1.80. The van der Waals surface area contributed by atoms with E-state index in [9.17, 15) is 0 Å². The number of hydrogen-bond acceptors (Lipinski definition) is 8. The quantitative estimate of drug-likeness (QED) is 0.392. The van der Waals surface area contributed by atoms with E-state index in [0.29, 0.717) is 10.0 Å². The van der Waals surface area contributed by atoms with Crippen molar-refractivity contribution in [2.24, 2.45) is 10.3 Å². The third-order valence-electron chi connectivity index (χ3n) is 1.46. The van der Waals surface area contributed by atoms with Gasteiger partial charge in [-0.2, -0.15) is 0 Å². The highest BCUT2D eigenvalue weighted by Crippen LogP contribution is 2.07. The second-order valence-corrected chi connectivity index (χ2v) is 4.26. The third-order valence-corrected chi connectivity index (χ3v) is 2.93. The van der Waals surface area contributed by atoms with Gasteiger partial charge < -0.3 is 10.0 Å². The summed E-state index contributed by atoms with van der Waals surface area (Å²) in [6, 6.07) is 0. The molecule has 0 saturated heterocycles. The molecule has 0 saturated carbocycles. The molecule has 2 heterocycles. The van der Waals surface area contributed by atoms with Crippen molar-refractivity contribution in [3.8, 4) is 0 Å². The molecule has 0 spiro atoms. The Kier molecular flexibility index (Phi) is 3.57. The van der Waals surface area contributed by atoms with Crippen LogP contribution in [0.4, 0.5) is 0 Å². The summed E-state index contributed by atoms with van der Waals surface area (Å²) in [7, 11) is 0. The van der Waals surface area contributed by atoms with Gasteiger partial charge in [0.05, 0.1) is 0 Å². The van der Waals surface area contributed by atoms with E-state index in [2.05, 4.69) is 20.3 Å². The molecular weight excluding hydrogens is 248 g/mol. The van der Waals surface area contributed by atoms with E-state index < -0.39 is 0 Å². The average Bonchev–Trinajstić information content (AvgIpc) is 2.96. The summed E-state index contributed by atoms with van der Waals surface area (Å²) in [6.07, 6.45) is 4.68. The lowest BCUT2D eigenvalue weighted by atomic mass is 10.7. The predicted octanol–water partition coefficient (Wildman–Crippen LogP) is 1.79. The summed E-state index contributed by atoms with van der Waals surface area (Å²) in [5, 5.41) is 20.0. The first-order valence-corrected chi connectivity index (χ1v) is 5.88. The highest BCUT2D eigenvalue weighted by molar-refractivity contribution is 7.11. The fourth-order valence-corrected chi connectivity index (χ4v) is 1.89. The molecule has 0 aliphatic rings. The zero-order chi connectivity index (χ0) is 11.2. The number of oxime groups is 2. The van der Waals surface area contributed by atoms with Crippen LogP contribution in [0.15, 0.2) is 33.5 Å². The fraction of sp³-hybridized carbons (Fsp3) is 0. The van der Waals surface area contributed by atoms with Crippen LogP contribution in [0.5, 0.6) is 0 Å². The number of nitrogens with zero attached hydrogens (tertiary/aromatic N) is 4. The summed E-state index contributed by atoms with van der Waals surface area (Å²) >= 11 is 2.71. The molecule has 2 rings (SSSR count). The van der Waals surface area contributed by atoms with Crippen LogP contribution in [0.25, 0.3) is 0 Å². The Bertz CT molecular complexity index is 478. The monoisotopic (exact) mass is 254 g/mol. The molecule has 0 unspecified atom stereocenters. The molecular formula is C8H6N4O2S2. The van der Waals surface area contributed by atoms with E-state index in [1.807, 2.05) is 5.38 Å². The van der Waals surface area contributed by atoms with Crippen molar-refractivity contribution in [3.05, 3.63) is 33.2 Å². The molecule has 2 aromatic rings. The first kappa shape index (κ1) is 10.7. The summed E-state index contributed by atoms with van der Waals surface area (Å²) in [6.45, 7) is 0. The molecule has 16 heavy (non-hydrogen) atoms. The van der Waals surface area contributed by atoms with Gasteiger partial charge in [-0.05, 0) is 5.16 Å². The van der Waals surface area contributed by atoms with E-state index in [4.69, 9.17) is 10.0 Å². The molecule has 8 heteroatoms. The van der Waals surface area contributed by atoms with Crippen molar-refractivity contribution in [3.63, 3.8) is 0 Å². The van der Waals surface area contributed by atoms with Crippen LogP contribution in [0, 0.1) is 0 Å². The normalized spacial score (nSPS) is 12.1. The van der Waals surface area contributed by atoms with Gasteiger partial charge in [-0.1, -0.05) is 5.16 Å². The van der Waals surface area contributed by atoms with E-state index in [1.165, 1.54) is 28.9 Å². The van der Waals surface area contributed by atoms with Crippen molar-refractivity contribution >= 4 is 34.8 Å². The highest BCUT2D eigenvalue weighted by Gasteiger charge is 2.08. The Labute approximate surface area is 98.5 Å². The summed E-state index contributed by atoms with van der Waals surface area (Å²) in [5.41, 5.74) is 0. The molecule has 0 aliphatic carbocycles. The van der Waals surface area contributed by atoms with Crippen molar-refractivity contribution < 1.29 is 10.0 Å². The van der Waals surface area contributed by atoms with Crippen LogP contribution in [0.3, 0.4) is 0 Å². The van der Waals surface area contributed by atoms with Gasteiger partial charge in [-0.3, -0.25) is 0 Å². The van der Waals surface area contributed by atoms with Crippen LogP contribution in [0.1, 0.15) is 10.0 Å². The minimum absolute atomic E-state index is 0.0391. The van der Waals surface area contributed by atoms with Gasteiger partial charge >= 0.3 is 5.90 Å². The third kappa shape index (κ3) is 2.61. The molecule has 0 atom stereocenters. The van der Waals surface area contributed by atoms with Crippen LogP contribution >= 0.6 is 22.7 Å². The van der Waals surface area contributed by atoms with E-state index >= 15 is 0 Å². The van der Waals surface area contributed by atoms with Crippen molar-refractivity contribution in [1.82, 2.24) is 9.97 Å². The van der Waals surface area contributed by atoms with Gasteiger partial charge in [0, 0.05) is 23.2 Å². The van der Waals surface area contributed by atoms with Gasteiger partial charge in [0.1, 0.15) is 11.2 Å². The minimum atomic E-state index is -0.0391. The average molecular weight is 254 g/mol. The molecule has 0 aromatic carbocycles. The second kappa shape index (κ2) is 5.33. The van der Waals surface area contributed by atoms with E-state index in [0.717, 1.165) is 0 Å². The molecule has 0 fully saturated rings. The van der Waals surface area contributed by atoms with Crippen LogP contribution in [-0.2, 0) is 4.84 Å². The van der Waals surface area contributed by atoms with Gasteiger partial charge in [0.2, 0.25) is 0 Å². The smallest absolute Gasteiger partial charge is 0.319 e. The lowest BCUT2D eigenvalue weighted by molar-refractivity contribution is 0.266. The molecule has 1 N–H and O–H groups in total. The lowest BCUT2D eigenvalue weighted by Crippen LogP contribution is -2.02. The zero-order valence-corrected chi connectivity index (χ0v) is 9.48. The molecule has 6 nitrogen and oxygen atoms in total. The maximum absolute atomic E-state index is 8.70. The number of aromatic nitrogens is 2. The Balaban J connectivity index is 1.99. The van der Waals surface area contributed by atoms with Crippen molar-refractivity contribution in [2.45, 2.75) is 0 Å². The maximum atomic E-state index is 8.70. The molecule has 2 aromatic heterocycles. The minimum Gasteiger partial charge on any atom is -0.408 e. The van der Waals surface area contributed by atoms with Crippen LogP contribution in [-0.4, -0.2) is 27.3 Å². The van der Waals surface area contributed by atoms with Crippen molar-refractivity contribution in [1.29, 1.82) is 0 Å². The van der Waals surface area contributed by atoms with E-state index in [-0.39, 0.29) is 5.90 Å².